The maximum atomic E-state index is 11.1. The highest BCUT2D eigenvalue weighted by Crippen LogP contribution is 2.37. The first-order chi connectivity index (χ1) is 17.7. The van der Waals surface area contributed by atoms with E-state index in [1.54, 1.807) is 11.3 Å². The zero-order chi connectivity index (χ0) is 26.8. The molecule has 0 radical (unpaired) electrons. The number of hydrogen-bond acceptors (Lipinski definition) is 5. The molecule has 1 atom stereocenters. The van der Waals surface area contributed by atoms with Gasteiger partial charge in [-0.1, -0.05) is 58.9 Å². The summed E-state index contributed by atoms with van der Waals surface area (Å²) in [6, 6.07) is 6.04. The van der Waals surface area contributed by atoms with Crippen LogP contribution in [0.15, 0.2) is 59.7 Å². The number of carboxylic acids is 1. The number of thiazole rings is 1. The summed E-state index contributed by atoms with van der Waals surface area (Å²) in [4.78, 5) is 15.9. The number of aliphatic carboxylic acids is 1. The normalized spacial score (nSPS) is 15.9. The van der Waals surface area contributed by atoms with E-state index in [1.807, 2.05) is 18.2 Å². The molecule has 6 heteroatoms. The third kappa shape index (κ3) is 8.60. The third-order valence-corrected chi connectivity index (χ3v) is 7.39. The number of carboxylic acid groups (broad SMARTS) is 1. The summed E-state index contributed by atoms with van der Waals surface area (Å²) < 4.78 is 12.2. The molecular weight excluding hydrogens is 482 g/mol. The van der Waals surface area contributed by atoms with Gasteiger partial charge in [-0.2, -0.15) is 0 Å². The second-order valence-corrected chi connectivity index (χ2v) is 11.5. The topological polar surface area (TPSA) is 68.7 Å². The van der Waals surface area contributed by atoms with Gasteiger partial charge in [-0.3, -0.25) is 4.79 Å². The molecule has 2 aromatic rings. The molecule has 0 amide bonds. The van der Waals surface area contributed by atoms with E-state index < -0.39 is 5.97 Å². The lowest BCUT2D eigenvalue weighted by Gasteiger charge is -2.14. The number of carbonyl (C=O) groups is 1. The number of nitrogens with zero attached hydrogens (tertiary/aromatic N) is 1. The van der Waals surface area contributed by atoms with Crippen molar-refractivity contribution in [2.45, 2.75) is 84.0 Å². The molecule has 1 heterocycles. The first kappa shape index (κ1) is 28.7. The number of hydrogen-bond donors (Lipinski definition) is 1. The monoisotopic (exact) mass is 523 g/mol. The van der Waals surface area contributed by atoms with Crippen molar-refractivity contribution in [1.29, 1.82) is 0 Å². The van der Waals surface area contributed by atoms with Gasteiger partial charge in [-0.05, 0) is 60.1 Å². The molecule has 0 fully saturated rings. The second kappa shape index (κ2) is 13.6. The molecule has 1 aliphatic carbocycles. The number of ether oxygens (including phenoxy) is 2. The molecule has 5 nitrogen and oxygen atoms in total. The van der Waals surface area contributed by atoms with Gasteiger partial charge in [0.15, 0.2) is 0 Å². The first-order valence-corrected chi connectivity index (χ1v) is 14.2. The van der Waals surface area contributed by atoms with E-state index >= 15 is 0 Å². The van der Waals surface area contributed by atoms with Crippen LogP contribution in [0.2, 0.25) is 0 Å². The maximum Gasteiger partial charge on any atom is 0.303 e. The van der Waals surface area contributed by atoms with E-state index in [1.165, 1.54) is 5.56 Å². The SMILES string of the molecule is C=C/C(CCC)=C(\C=C/Cc1nc(C(C)(C)C)cs1)OCCCOc1ccc2c(c1)CCC2CC(=O)O. The Morgan fingerprint density at radius 3 is 2.78 bits per heavy atom. The van der Waals surface area contributed by atoms with Crippen LogP contribution < -0.4 is 4.74 Å². The van der Waals surface area contributed by atoms with Crippen molar-refractivity contribution >= 4 is 17.3 Å². The third-order valence-electron chi connectivity index (χ3n) is 6.52. The fraction of sp³-hybridized carbons (Fsp3) is 0.484. The Hall–Kier alpha value is -2.86. The molecule has 1 unspecified atom stereocenters. The van der Waals surface area contributed by atoms with Crippen LogP contribution in [0.1, 0.15) is 87.5 Å². The minimum atomic E-state index is -0.738. The lowest BCUT2D eigenvalue weighted by Crippen LogP contribution is -2.11. The van der Waals surface area contributed by atoms with E-state index in [4.69, 9.17) is 19.6 Å². The molecule has 0 bridgehead atoms. The van der Waals surface area contributed by atoms with Crippen molar-refractivity contribution in [3.63, 3.8) is 0 Å². The average Bonchev–Trinajstić information content (AvgIpc) is 3.48. The molecule has 1 aliphatic rings. The zero-order valence-corrected chi connectivity index (χ0v) is 23.5. The Morgan fingerprint density at radius 1 is 1.30 bits per heavy atom. The fourth-order valence-electron chi connectivity index (χ4n) is 4.48. The van der Waals surface area contributed by atoms with Gasteiger partial charge in [-0.25, -0.2) is 4.98 Å². The van der Waals surface area contributed by atoms with Crippen LogP contribution in [0.4, 0.5) is 0 Å². The van der Waals surface area contributed by atoms with Crippen LogP contribution in [0, 0.1) is 0 Å². The number of rotatable bonds is 14. The molecule has 0 saturated heterocycles. The van der Waals surface area contributed by atoms with Crippen LogP contribution in [0.5, 0.6) is 5.75 Å². The Kier molecular flexibility index (Phi) is 10.6. The van der Waals surface area contributed by atoms with Gasteiger partial charge in [0.2, 0.25) is 0 Å². The molecule has 200 valence electrons. The van der Waals surface area contributed by atoms with Gasteiger partial charge in [0.05, 0.1) is 30.3 Å². The van der Waals surface area contributed by atoms with Gasteiger partial charge in [-0.15, -0.1) is 11.3 Å². The number of benzene rings is 1. The van der Waals surface area contributed by atoms with Gasteiger partial charge in [0.1, 0.15) is 11.5 Å². The predicted octanol–water partition coefficient (Wildman–Crippen LogP) is 7.77. The summed E-state index contributed by atoms with van der Waals surface area (Å²) in [5.74, 6) is 1.08. The predicted molar refractivity (Wildman–Crippen MR) is 152 cm³/mol. The summed E-state index contributed by atoms with van der Waals surface area (Å²) >= 11 is 1.70. The molecule has 0 aliphatic heterocycles. The number of aryl methyl sites for hydroxylation is 1. The Labute approximate surface area is 225 Å². The summed E-state index contributed by atoms with van der Waals surface area (Å²) in [6.45, 7) is 13.8. The Bertz CT molecular complexity index is 1120. The number of fused-ring (bicyclic) bond motifs is 1. The van der Waals surface area contributed by atoms with Crippen molar-refractivity contribution in [3.05, 3.63) is 81.5 Å². The van der Waals surface area contributed by atoms with Crippen LogP contribution in [0.3, 0.4) is 0 Å². The highest BCUT2D eigenvalue weighted by atomic mass is 32.1. The average molecular weight is 524 g/mol. The zero-order valence-electron chi connectivity index (χ0n) is 22.7. The highest BCUT2D eigenvalue weighted by Gasteiger charge is 2.25. The molecule has 1 aromatic heterocycles. The van der Waals surface area contributed by atoms with E-state index in [0.717, 1.165) is 71.9 Å². The molecule has 1 N–H and O–H groups in total. The summed E-state index contributed by atoms with van der Waals surface area (Å²) in [6.07, 6.45) is 11.6. The van der Waals surface area contributed by atoms with E-state index in [0.29, 0.717) is 13.2 Å². The smallest absolute Gasteiger partial charge is 0.303 e. The standard InChI is InChI=1S/C31H41NO4S/c1-6-10-22(7-2)27(11-8-12-29-32-28(21-37-29)31(3,4)5)36-18-9-17-35-25-15-16-26-23(19-25)13-14-24(26)20-30(33)34/h7-8,11,15-16,19,21,24H,2,6,9-10,12-14,17-18,20H2,1,3-5H3,(H,33,34)/b11-8-,27-22-. The van der Waals surface area contributed by atoms with Crippen molar-refractivity contribution in [2.24, 2.45) is 0 Å². The second-order valence-electron chi connectivity index (χ2n) is 10.6. The molecule has 37 heavy (non-hydrogen) atoms. The molecule has 3 rings (SSSR count). The Balaban J connectivity index is 1.51. The van der Waals surface area contributed by atoms with Crippen molar-refractivity contribution in [3.8, 4) is 5.75 Å². The molecular formula is C31H41NO4S. The van der Waals surface area contributed by atoms with E-state index in [-0.39, 0.29) is 17.8 Å². The van der Waals surface area contributed by atoms with Crippen LogP contribution in [0.25, 0.3) is 0 Å². The summed E-state index contributed by atoms with van der Waals surface area (Å²) in [5.41, 5.74) is 4.67. The maximum absolute atomic E-state index is 11.1. The number of aromatic nitrogens is 1. The summed E-state index contributed by atoms with van der Waals surface area (Å²) in [5, 5.41) is 12.4. The minimum absolute atomic E-state index is 0.0639. The molecule has 0 saturated carbocycles. The van der Waals surface area contributed by atoms with E-state index in [2.05, 4.69) is 57.9 Å². The van der Waals surface area contributed by atoms with E-state index in [9.17, 15) is 4.79 Å². The minimum Gasteiger partial charge on any atom is -0.493 e. The lowest BCUT2D eigenvalue weighted by molar-refractivity contribution is -0.137. The fourth-order valence-corrected chi connectivity index (χ4v) is 5.48. The number of allylic oxidation sites excluding steroid dienone is 4. The quantitative estimate of drug-likeness (QED) is 0.156. The van der Waals surface area contributed by atoms with Crippen LogP contribution >= 0.6 is 11.3 Å². The van der Waals surface area contributed by atoms with Gasteiger partial charge >= 0.3 is 5.97 Å². The Morgan fingerprint density at radius 2 is 2.11 bits per heavy atom. The summed E-state index contributed by atoms with van der Waals surface area (Å²) in [7, 11) is 0. The molecule has 1 aromatic carbocycles. The van der Waals surface area contributed by atoms with Crippen molar-refractivity contribution in [2.75, 3.05) is 13.2 Å². The molecule has 0 spiro atoms. The largest absolute Gasteiger partial charge is 0.493 e. The van der Waals surface area contributed by atoms with Crippen LogP contribution in [-0.2, 0) is 27.8 Å². The van der Waals surface area contributed by atoms with Crippen molar-refractivity contribution in [1.82, 2.24) is 4.98 Å². The van der Waals surface area contributed by atoms with Gasteiger partial charge in [0.25, 0.3) is 0 Å². The highest BCUT2D eigenvalue weighted by molar-refractivity contribution is 7.09. The van der Waals surface area contributed by atoms with Crippen molar-refractivity contribution < 1.29 is 19.4 Å². The van der Waals surface area contributed by atoms with Gasteiger partial charge in [0, 0.05) is 23.6 Å². The van der Waals surface area contributed by atoms with Crippen LogP contribution in [-0.4, -0.2) is 29.3 Å². The first-order valence-electron chi connectivity index (χ1n) is 13.3. The lowest BCUT2D eigenvalue weighted by atomic mass is 9.93. The van der Waals surface area contributed by atoms with Gasteiger partial charge < -0.3 is 14.6 Å².